The highest BCUT2D eigenvalue weighted by atomic mass is 19.1. The molecule has 0 bridgehead atoms. The van der Waals surface area contributed by atoms with E-state index in [4.69, 9.17) is 18.9 Å². The number of benzene rings is 2. The molecule has 1 atom stereocenters. The number of unbranched alkanes of at least 4 members (excludes halogenated alkanes) is 1. The molecule has 0 radical (unpaired) electrons. The molecule has 0 spiro atoms. The Morgan fingerprint density at radius 1 is 0.867 bits per heavy atom. The first-order chi connectivity index (χ1) is 21.7. The van der Waals surface area contributed by atoms with Crippen LogP contribution in [-0.4, -0.2) is 68.3 Å². The molecule has 45 heavy (non-hydrogen) atoms. The van der Waals surface area contributed by atoms with Crippen molar-refractivity contribution in [1.82, 2.24) is 9.97 Å². The zero-order chi connectivity index (χ0) is 32.8. The van der Waals surface area contributed by atoms with Crippen molar-refractivity contribution in [2.24, 2.45) is 0 Å². The Hall–Kier alpha value is -3.70. The molecule has 2 aromatic carbocycles. The van der Waals surface area contributed by atoms with Crippen molar-refractivity contribution in [3.63, 3.8) is 0 Å². The number of rotatable bonds is 20. The SMILES string of the molecule is CCCN(CCCC(C)(CO)OCC)c1ccc(Nc2ncc(CCCCc3c(F)c(OC)cc(OC)c3F)cn2)cc1OC. The third-order valence-corrected chi connectivity index (χ3v) is 7.74. The van der Waals surface area contributed by atoms with Crippen LogP contribution in [0.4, 0.5) is 26.1 Å². The summed E-state index contributed by atoms with van der Waals surface area (Å²) >= 11 is 0. The van der Waals surface area contributed by atoms with Crippen LogP contribution in [0.15, 0.2) is 36.7 Å². The minimum Gasteiger partial charge on any atom is -0.495 e. The van der Waals surface area contributed by atoms with Crippen LogP contribution in [0.5, 0.6) is 17.2 Å². The summed E-state index contributed by atoms with van der Waals surface area (Å²) in [6, 6.07) is 7.15. The van der Waals surface area contributed by atoms with E-state index in [-0.39, 0.29) is 30.1 Å². The smallest absolute Gasteiger partial charge is 0.227 e. The van der Waals surface area contributed by atoms with Crippen molar-refractivity contribution >= 4 is 17.3 Å². The molecule has 2 N–H and O–H groups in total. The van der Waals surface area contributed by atoms with Gasteiger partial charge in [-0.05, 0) is 76.5 Å². The Balaban J connectivity index is 1.58. The number of anilines is 3. The molecule has 11 heteroatoms. The van der Waals surface area contributed by atoms with E-state index >= 15 is 0 Å². The second kappa shape index (κ2) is 17.7. The average Bonchev–Trinajstić information content (AvgIpc) is 3.05. The number of aliphatic hydroxyl groups excluding tert-OH is 1. The quantitative estimate of drug-likeness (QED) is 0.130. The summed E-state index contributed by atoms with van der Waals surface area (Å²) in [6.07, 6.45) is 8.26. The number of nitrogens with one attached hydrogen (secondary N) is 1. The van der Waals surface area contributed by atoms with Crippen molar-refractivity contribution in [3.05, 3.63) is 59.4 Å². The molecule has 0 saturated carbocycles. The van der Waals surface area contributed by atoms with Crippen molar-refractivity contribution in [1.29, 1.82) is 0 Å². The zero-order valence-corrected chi connectivity index (χ0v) is 27.4. The third-order valence-electron chi connectivity index (χ3n) is 7.74. The minimum absolute atomic E-state index is 0.00984. The predicted molar refractivity (Wildman–Crippen MR) is 173 cm³/mol. The summed E-state index contributed by atoms with van der Waals surface area (Å²) in [5, 5.41) is 13.0. The largest absolute Gasteiger partial charge is 0.495 e. The number of nitrogens with zero attached hydrogens (tertiary/aromatic N) is 3. The lowest BCUT2D eigenvalue weighted by Crippen LogP contribution is -2.35. The lowest BCUT2D eigenvalue weighted by Gasteiger charge is -2.30. The van der Waals surface area contributed by atoms with Gasteiger partial charge in [0.1, 0.15) is 5.75 Å². The van der Waals surface area contributed by atoms with Gasteiger partial charge in [-0.25, -0.2) is 18.7 Å². The number of hydrogen-bond donors (Lipinski definition) is 2. The molecule has 1 aromatic heterocycles. The minimum atomic E-state index is -0.694. The van der Waals surface area contributed by atoms with E-state index in [9.17, 15) is 13.9 Å². The molecule has 0 aliphatic heterocycles. The molecule has 0 amide bonds. The topological polar surface area (TPSA) is 98.2 Å². The number of aromatic nitrogens is 2. The van der Waals surface area contributed by atoms with Crippen molar-refractivity contribution in [2.75, 3.05) is 57.8 Å². The van der Waals surface area contributed by atoms with E-state index in [1.54, 1.807) is 19.5 Å². The van der Waals surface area contributed by atoms with Gasteiger partial charge in [0.05, 0.1) is 39.2 Å². The number of hydrogen-bond acceptors (Lipinski definition) is 9. The van der Waals surface area contributed by atoms with Gasteiger partial charge in [-0.3, -0.25) is 0 Å². The number of halogens is 2. The molecule has 248 valence electrons. The molecule has 3 aromatic rings. The Morgan fingerprint density at radius 3 is 2.09 bits per heavy atom. The van der Waals surface area contributed by atoms with E-state index in [2.05, 4.69) is 27.1 Å². The van der Waals surface area contributed by atoms with Crippen LogP contribution in [0.2, 0.25) is 0 Å². The van der Waals surface area contributed by atoms with Gasteiger partial charge >= 0.3 is 0 Å². The molecule has 0 saturated heterocycles. The van der Waals surface area contributed by atoms with E-state index in [0.717, 1.165) is 55.0 Å². The highest BCUT2D eigenvalue weighted by Gasteiger charge is 2.24. The summed E-state index contributed by atoms with van der Waals surface area (Å²) < 4.78 is 50.8. The maximum atomic E-state index is 14.6. The van der Waals surface area contributed by atoms with Crippen LogP contribution < -0.4 is 24.4 Å². The molecule has 0 aliphatic rings. The Kier molecular flexibility index (Phi) is 14.1. The monoisotopic (exact) mass is 630 g/mol. The predicted octanol–water partition coefficient (Wildman–Crippen LogP) is 6.87. The lowest BCUT2D eigenvalue weighted by atomic mass is 10.0. The van der Waals surface area contributed by atoms with E-state index < -0.39 is 17.2 Å². The normalized spacial score (nSPS) is 12.5. The first kappa shape index (κ1) is 35.8. The Bertz CT molecular complexity index is 1320. The molecule has 9 nitrogen and oxygen atoms in total. The molecular weight excluding hydrogens is 582 g/mol. The summed E-state index contributed by atoms with van der Waals surface area (Å²) in [4.78, 5) is 11.2. The first-order valence-corrected chi connectivity index (χ1v) is 15.6. The summed E-state index contributed by atoms with van der Waals surface area (Å²) in [5.74, 6) is -0.275. The fraction of sp³-hybridized carbons (Fsp3) is 0.529. The first-order valence-electron chi connectivity index (χ1n) is 15.6. The fourth-order valence-corrected chi connectivity index (χ4v) is 5.29. The van der Waals surface area contributed by atoms with Crippen LogP contribution in [0.3, 0.4) is 0 Å². The van der Waals surface area contributed by atoms with Crippen LogP contribution >= 0.6 is 0 Å². The van der Waals surface area contributed by atoms with Gasteiger partial charge in [0.25, 0.3) is 0 Å². The van der Waals surface area contributed by atoms with Crippen LogP contribution in [0.1, 0.15) is 64.0 Å². The molecule has 0 fully saturated rings. The molecule has 1 heterocycles. The number of aliphatic hydroxyl groups is 1. The summed E-state index contributed by atoms with van der Waals surface area (Å²) in [7, 11) is 4.34. The van der Waals surface area contributed by atoms with Crippen LogP contribution in [-0.2, 0) is 17.6 Å². The number of aryl methyl sites for hydroxylation is 1. The van der Waals surface area contributed by atoms with Gasteiger partial charge in [0.15, 0.2) is 23.1 Å². The third kappa shape index (κ3) is 9.89. The highest BCUT2D eigenvalue weighted by molar-refractivity contribution is 5.67. The maximum absolute atomic E-state index is 14.6. The Labute approximate surface area is 265 Å². The number of methoxy groups -OCH3 is 3. The van der Waals surface area contributed by atoms with Gasteiger partial charge in [0.2, 0.25) is 5.95 Å². The standard InChI is InChI=1S/C34H48F2N4O5/c1-7-17-40(18-11-16-34(3,23-41)45-8-2)27-15-14-25(19-28(27)42-4)39-33-37-21-24(22-38-33)12-9-10-13-26-31(35)29(43-5)20-30(44-6)32(26)36/h14-15,19-22,41H,7-13,16-18,23H2,1-6H3,(H,37,38,39). The zero-order valence-electron chi connectivity index (χ0n) is 27.4. The second-order valence-electron chi connectivity index (χ2n) is 11.2. The molecule has 3 rings (SSSR count). The lowest BCUT2D eigenvalue weighted by molar-refractivity contribution is -0.0673. The van der Waals surface area contributed by atoms with E-state index in [1.807, 2.05) is 32.0 Å². The Morgan fingerprint density at radius 2 is 1.51 bits per heavy atom. The van der Waals surface area contributed by atoms with Gasteiger partial charge in [-0.2, -0.15) is 0 Å². The van der Waals surface area contributed by atoms with Gasteiger partial charge < -0.3 is 34.3 Å². The van der Waals surface area contributed by atoms with Gasteiger partial charge in [-0.15, -0.1) is 0 Å². The summed E-state index contributed by atoms with van der Waals surface area (Å²) in [6.45, 7) is 8.27. The molecule has 1 unspecified atom stereocenters. The second-order valence-corrected chi connectivity index (χ2v) is 11.2. The molecular formula is C34H48F2N4O5. The fourth-order valence-electron chi connectivity index (χ4n) is 5.29. The average molecular weight is 631 g/mol. The highest BCUT2D eigenvalue weighted by Crippen LogP contribution is 2.34. The summed E-state index contributed by atoms with van der Waals surface area (Å²) in [5.41, 5.74) is 2.14. The maximum Gasteiger partial charge on any atom is 0.227 e. The van der Waals surface area contributed by atoms with Crippen molar-refractivity contribution < 1.29 is 32.8 Å². The van der Waals surface area contributed by atoms with Crippen LogP contribution in [0, 0.1) is 11.6 Å². The van der Waals surface area contributed by atoms with Gasteiger partial charge in [0, 0.05) is 55.5 Å². The van der Waals surface area contributed by atoms with E-state index in [0.29, 0.717) is 31.8 Å². The number of ether oxygens (including phenoxy) is 4. The van der Waals surface area contributed by atoms with E-state index in [1.165, 1.54) is 20.3 Å². The van der Waals surface area contributed by atoms with Crippen molar-refractivity contribution in [2.45, 2.75) is 71.3 Å². The van der Waals surface area contributed by atoms with Crippen molar-refractivity contribution in [3.8, 4) is 17.2 Å². The van der Waals surface area contributed by atoms with Gasteiger partial charge in [-0.1, -0.05) is 6.92 Å². The molecule has 0 aliphatic carbocycles. The van der Waals surface area contributed by atoms with Crippen LogP contribution in [0.25, 0.3) is 0 Å².